The molecule has 2 rings (SSSR count). The van der Waals surface area contributed by atoms with E-state index in [1.54, 1.807) is 0 Å². The molecule has 0 bridgehead atoms. The Labute approximate surface area is 143 Å². The van der Waals surface area contributed by atoms with Crippen LogP contribution in [0.4, 0.5) is 0 Å². The van der Waals surface area contributed by atoms with Crippen LogP contribution < -0.4 is 10.6 Å². The van der Waals surface area contributed by atoms with E-state index >= 15 is 0 Å². The van der Waals surface area contributed by atoms with Crippen molar-refractivity contribution in [3.05, 3.63) is 35.9 Å². The van der Waals surface area contributed by atoms with E-state index in [9.17, 15) is 14.7 Å². The van der Waals surface area contributed by atoms with E-state index in [1.165, 1.54) is 12.8 Å². The monoisotopic (exact) mass is 332 g/mol. The standard InChI is InChI=1S/C19H28N2O3/c1-14(13-17(22)15-7-3-2-4-8-15)20-18(23)11-12-19(24)21-16-9-5-6-10-16/h2-4,7-8,14,16-17,22H,5-6,9-13H2,1H3,(H,20,23)(H,21,24). The van der Waals surface area contributed by atoms with E-state index in [0.717, 1.165) is 18.4 Å². The van der Waals surface area contributed by atoms with Crippen molar-refractivity contribution < 1.29 is 14.7 Å². The van der Waals surface area contributed by atoms with Crippen molar-refractivity contribution in [2.75, 3.05) is 0 Å². The number of hydrogen-bond donors (Lipinski definition) is 3. The Bertz CT molecular complexity index is 527. The molecule has 0 aromatic heterocycles. The zero-order chi connectivity index (χ0) is 17.4. The quantitative estimate of drug-likeness (QED) is 0.684. The Kier molecular flexibility index (Phi) is 7.25. The van der Waals surface area contributed by atoms with Gasteiger partial charge in [-0.1, -0.05) is 43.2 Å². The summed E-state index contributed by atoms with van der Waals surface area (Å²) in [4.78, 5) is 23.8. The zero-order valence-electron chi connectivity index (χ0n) is 14.3. The van der Waals surface area contributed by atoms with Crippen LogP contribution in [0.25, 0.3) is 0 Å². The van der Waals surface area contributed by atoms with E-state index in [1.807, 2.05) is 37.3 Å². The molecule has 0 spiro atoms. The highest BCUT2D eigenvalue weighted by Crippen LogP contribution is 2.18. The maximum atomic E-state index is 11.9. The molecule has 3 N–H and O–H groups in total. The fourth-order valence-electron chi connectivity index (χ4n) is 3.15. The molecule has 2 amide bonds. The summed E-state index contributed by atoms with van der Waals surface area (Å²) in [5.41, 5.74) is 0.842. The van der Waals surface area contributed by atoms with Crippen LogP contribution in [0, 0.1) is 0 Å². The van der Waals surface area contributed by atoms with Crippen molar-refractivity contribution in [1.29, 1.82) is 0 Å². The summed E-state index contributed by atoms with van der Waals surface area (Å²) in [6.07, 6.45) is 4.69. The molecule has 0 aliphatic heterocycles. The average molecular weight is 332 g/mol. The number of aliphatic hydroxyl groups is 1. The van der Waals surface area contributed by atoms with E-state index in [-0.39, 0.29) is 30.7 Å². The van der Waals surface area contributed by atoms with Crippen LogP contribution in [0.5, 0.6) is 0 Å². The third-order valence-corrected chi connectivity index (χ3v) is 4.47. The van der Waals surface area contributed by atoms with E-state index in [0.29, 0.717) is 12.5 Å². The van der Waals surface area contributed by atoms with Crippen molar-refractivity contribution in [3.63, 3.8) is 0 Å². The minimum atomic E-state index is -0.604. The molecule has 1 aliphatic rings. The molecule has 0 saturated heterocycles. The van der Waals surface area contributed by atoms with Crippen LogP contribution in [0.15, 0.2) is 30.3 Å². The van der Waals surface area contributed by atoms with E-state index in [4.69, 9.17) is 0 Å². The van der Waals surface area contributed by atoms with Gasteiger partial charge in [0.15, 0.2) is 0 Å². The smallest absolute Gasteiger partial charge is 0.220 e. The maximum Gasteiger partial charge on any atom is 0.220 e. The van der Waals surface area contributed by atoms with Crippen molar-refractivity contribution in [3.8, 4) is 0 Å². The number of rotatable bonds is 8. The van der Waals surface area contributed by atoms with Crippen LogP contribution >= 0.6 is 0 Å². The Hall–Kier alpha value is -1.88. The molecular formula is C19H28N2O3. The van der Waals surface area contributed by atoms with Gasteiger partial charge in [0.05, 0.1) is 6.10 Å². The third-order valence-electron chi connectivity index (χ3n) is 4.47. The SMILES string of the molecule is CC(CC(O)c1ccccc1)NC(=O)CCC(=O)NC1CCCC1. The van der Waals surface area contributed by atoms with Gasteiger partial charge in [0, 0.05) is 24.9 Å². The molecule has 1 aromatic rings. The molecule has 1 fully saturated rings. The molecule has 1 aromatic carbocycles. The maximum absolute atomic E-state index is 11.9. The lowest BCUT2D eigenvalue weighted by Crippen LogP contribution is -2.36. The van der Waals surface area contributed by atoms with Gasteiger partial charge in [-0.3, -0.25) is 9.59 Å². The normalized spacial score (nSPS) is 17.2. The van der Waals surface area contributed by atoms with Gasteiger partial charge in [-0.05, 0) is 31.7 Å². The summed E-state index contributed by atoms with van der Waals surface area (Å²) in [5, 5.41) is 16.0. The topological polar surface area (TPSA) is 78.4 Å². The van der Waals surface area contributed by atoms with Crippen molar-refractivity contribution in [2.24, 2.45) is 0 Å². The van der Waals surface area contributed by atoms with Crippen LogP contribution in [-0.2, 0) is 9.59 Å². The minimum Gasteiger partial charge on any atom is -0.388 e. The molecule has 132 valence electrons. The second-order valence-electron chi connectivity index (χ2n) is 6.68. The van der Waals surface area contributed by atoms with Crippen molar-refractivity contribution in [1.82, 2.24) is 10.6 Å². The molecule has 2 atom stereocenters. The van der Waals surface area contributed by atoms with Gasteiger partial charge in [-0.25, -0.2) is 0 Å². The van der Waals surface area contributed by atoms with Crippen molar-refractivity contribution in [2.45, 2.75) is 70.1 Å². The van der Waals surface area contributed by atoms with Gasteiger partial charge in [-0.15, -0.1) is 0 Å². The van der Waals surface area contributed by atoms with Crippen LogP contribution in [-0.4, -0.2) is 29.0 Å². The summed E-state index contributed by atoms with van der Waals surface area (Å²) >= 11 is 0. The van der Waals surface area contributed by atoms with Crippen LogP contribution in [0.2, 0.25) is 0 Å². The highest BCUT2D eigenvalue weighted by molar-refractivity contribution is 5.83. The van der Waals surface area contributed by atoms with Crippen LogP contribution in [0.1, 0.15) is 63.5 Å². The number of nitrogens with one attached hydrogen (secondary N) is 2. The Balaban J connectivity index is 1.64. The Morgan fingerprint density at radius 1 is 1.12 bits per heavy atom. The fourth-order valence-corrected chi connectivity index (χ4v) is 3.15. The summed E-state index contributed by atoms with van der Waals surface area (Å²) in [6, 6.07) is 9.54. The molecule has 0 heterocycles. The summed E-state index contributed by atoms with van der Waals surface area (Å²) < 4.78 is 0. The first-order valence-electron chi connectivity index (χ1n) is 8.86. The van der Waals surface area contributed by atoms with Gasteiger partial charge in [-0.2, -0.15) is 0 Å². The van der Waals surface area contributed by atoms with Crippen molar-refractivity contribution >= 4 is 11.8 Å². The zero-order valence-corrected chi connectivity index (χ0v) is 14.3. The first kappa shape index (κ1) is 18.5. The first-order chi connectivity index (χ1) is 11.5. The molecule has 1 aliphatic carbocycles. The number of hydrogen-bond acceptors (Lipinski definition) is 3. The van der Waals surface area contributed by atoms with E-state index in [2.05, 4.69) is 10.6 Å². The third kappa shape index (κ3) is 6.32. The Morgan fingerprint density at radius 2 is 1.75 bits per heavy atom. The largest absolute Gasteiger partial charge is 0.388 e. The molecule has 5 nitrogen and oxygen atoms in total. The summed E-state index contributed by atoms with van der Waals surface area (Å²) in [7, 11) is 0. The van der Waals surface area contributed by atoms with Gasteiger partial charge in [0.25, 0.3) is 0 Å². The summed E-state index contributed by atoms with van der Waals surface area (Å²) in [6.45, 7) is 1.86. The molecule has 2 unspecified atom stereocenters. The lowest BCUT2D eigenvalue weighted by atomic mass is 10.0. The van der Waals surface area contributed by atoms with Gasteiger partial charge in [0.2, 0.25) is 11.8 Å². The highest BCUT2D eigenvalue weighted by Gasteiger charge is 2.18. The molecule has 5 heteroatoms. The van der Waals surface area contributed by atoms with Gasteiger partial charge >= 0.3 is 0 Å². The number of carbonyl (C=O) groups is 2. The highest BCUT2D eigenvalue weighted by atomic mass is 16.3. The number of aliphatic hydroxyl groups excluding tert-OH is 1. The predicted molar refractivity (Wildman–Crippen MR) is 93.3 cm³/mol. The lowest BCUT2D eigenvalue weighted by Gasteiger charge is -2.18. The fraction of sp³-hybridized carbons (Fsp3) is 0.579. The van der Waals surface area contributed by atoms with Gasteiger partial charge in [0.1, 0.15) is 0 Å². The predicted octanol–water partition coefficient (Wildman–Crippen LogP) is 2.45. The lowest BCUT2D eigenvalue weighted by molar-refractivity contribution is -0.127. The molecular weight excluding hydrogens is 304 g/mol. The van der Waals surface area contributed by atoms with E-state index < -0.39 is 6.10 Å². The second kappa shape index (κ2) is 9.42. The number of carbonyl (C=O) groups excluding carboxylic acids is 2. The van der Waals surface area contributed by atoms with Gasteiger partial charge < -0.3 is 15.7 Å². The summed E-state index contributed by atoms with van der Waals surface area (Å²) in [5.74, 6) is -0.196. The minimum absolute atomic E-state index is 0.0472. The number of benzene rings is 1. The van der Waals surface area contributed by atoms with Crippen LogP contribution in [0.3, 0.4) is 0 Å². The molecule has 1 saturated carbocycles. The average Bonchev–Trinajstić information content (AvgIpc) is 3.06. The second-order valence-corrected chi connectivity index (χ2v) is 6.68. The Morgan fingerprint density at radius 3 is 2.42 bits per heavy atom. The first-order valence-corrected chi connectivity index (χ1v) is 8.86. The molecule has 24 heavy (non-hydrogen) atoms. The molecule has 0 radical (unpaired) electrons. The number of amides is 2.